The van der Waals surface area contributed by atoms with Crippen molar-refractivity contribution >= 4 is 0 Å². The third-order valence-corrected chi connectivity index (χ3v) is 2.82. The Balaban J connectivity index is 2.71. The van der Waals surface area contributed by atoms with Gasteiger partial charge in [-0.05, 0) is 0 Å². The van der Waals surface area contributed by atoms with Crippen LogP contribution in [0.2, 0.25) is 0 Å². The molecule has 0 radical (unpaired) electrons. The van der Waals surface area contributed by atoms with Gasteiger partial charge in [0, 0.05) is 56.9 Å². The Labute approximate surface area is 58.1 Å². The summed E-state index contributed by atoms with van der Waals surface area (Å²) in [6, 6.07) is 0. The van der Waals surface area contributed by atoms with E-state index in [4.69, 9.17) is 0 Å². The molecule has 0 bridgehead atoms. The van der Waals surface area contributed by atoms with Crippen LogP contribution in [-0.4, -0.2) is 56.9 Å². The van der Waals surface area contributed by atoms with Gasteiger partial charge in [0.25, 0.3) is 0 Å². The Hall–Kier alpha value is -2.40. The third kappa shape index (κ3) is 0.0769. The first-order valence-electron chi connectivity index (χ1n) is 3.60. The van der Waals surface area contributed by atoms with E-state index in [0.29, 0.717) is 0 Å². The molecule has 0 fully saturated rings. The van der Waals surface area contributed by atoms with Gasteiger partial charge in [-0.1, -0.05) is 0 Å². The molecule has 0 amide bonds. The lowest BCUT2D eigenvalue weighted by atomic mass is 12.2. The minimum atomic E-state index is 2.00. The van der Waals surface area contributed by atoms with Crippen LogP contribution in [0.15, 0.2) is 0 Å². The second-order valence-electron chi connectivity index (χ2n) is 3.22. The minimum absolute atomic E-state index is 2.00. The van der Waals surface area contributed by atoms with Crippen LogP contribution >= 0.6 is 0 Å². The summed E-state index contributed by atoms with van der Waals surface area (Å²) in [5.74, 6) is 0. The van der Waals surface area contributed by atoms with Crippen molar-refractivity contribution in [3.63, 3.8) is 0 Å². The van der Waals surface area contributed by atoms with Gasteiger partial charge in [-0.2, -0.15) is 0 Å². The van der Waals surface area contributed by atoms with Gasteiger partial charge in [-0.25, -0.2) is 0 Å². The van der Waals surface area contributed by atoms with Crippen LogP contribution in [0.25, 0.3) is 0 Å². The van der Waals surface area contributed by atoms with E-state index >= 15 is 0 Å². The fourth-order valence-corrected chi connectivity index (χ4v) is 2.36. The zero-order chi connectivity index (χ0) is 6.93. The smallest absolute Gasteiger partial charge is 0 e. The Morgan fingerprint density at radius 2 is 0.250 bits per heavy atom. The van der Waals surface area contributed by atoms with Crippen molar-refractivity contribution in [3.8, 4) is 0 Å². The lowest BCUT2D eigenvalue weighted by Gasteiger charge is -1.82. The first-order valence-corrected chi connectivity index (χ1v) is 3.60. The van der Waals surface area contributed by atoms with E-state index in [9.17, 15) is 0 Å². The average Bonchev–Trinajstić information content (AvgIpc) is 2.51. The third-order valence-electron chi connectivity index (χ3n) is 2.82. The summed E-state index contributed by atoms with van der Waals surface area (Å²) in [6.45, 7) is 0. The van der Waals surface area contributed by atoms with Gasteiger partial charge in [-0.15, -0.1) is 0 Å². The quantitative estimate of drug-likeness (QED) is 0.222. The van der Waals surface area contributed by atoms with Gasteiger partial charge in [0.05, 0.1) is 0 Å². The van der Waals surface area contributed by atoms with Crippen LogP contribution in [0.3, 0.4) is 0 Å². The number of aromatic nitrogens is 12. The molecule has 8 aromatic heterocycles. The molecule has 8 rings (SSSR count). The molecule has 0 aliphatic rings. The minimum Gasteiger partial charge on any atom is 0 e. The highest BCUT2D eigenvalue weighted by Gasteiger charge is 2.46. The van der Waals surface area contributed by atoms with E-state index in [2.05, 4.69) is 0 Å². The number of rotatable bonds is 0. The molecule has 0 spiro atoms. The van der Waals surface area contributed by atoms with Crippen molar-refractivity contribution in [2.75, 3.05) is 0 Å². The summed E-state index contributed by atoms with van der Waals surface area (Å²) < 4.78 is 24.0. The van der Waals surface area contributed by atoms with Crippen molar-refractivity contribution in [2.24, 2.45) is 0 Å². The second kappa shape index (κ2) is 0.440. The molecule has 8 heterocycles. The average molecular weight is 168 g/mol. The molecule has 12 heteroatoms. The predicted octanol–water partition coefficient (Wildman–Crippen LogP) is -3.89. The fourth-order valence-electron chi connectivity index (χ4n) is 2.36. The monoisotopic (exact) mass is 168 g/mol. The van der Waals surface area contributed by atoms with E-state index in [1.807, 2.05) is 56.9 Å². The van der Waals surface area contributed by atoms with Crippen molar-refractivity contribution in [2.45, 2.75) is 0 Å². The van der Waals surface area contributed by atoms with E-state index < -0.39 is 0 Å². The highest BCUT2D eigenvalue weighted by Crippen LogP contribution is 2.13. The summed E-state index contributed by atoms with van der Waals surface area (Å²) in [5.41, 5.74) is 0. The van der Waals surface area contributed by atoms with Crippen molar-refractivity contribution in [1.29, 1.82) is 0 Å². The van der Waals surface area contributed by atoms with Gasteiger partial charge in [-0.3, -0.25) is 0 Å². The molecule has 12 heavy (non-hydrogen) atoms. The summed E-state index contributed by atoms with van der Waals surface area (Å²) >= 11 is 0. The Bertz CT molecular complexity index is 767. The molecule has 0 N–H and O–H groups in total. The van der Waals surface area contributed by atoms with Crippen LogP contribution < -0.4 is 0 Å². The standard InChI is InChI=1S/N12/c1-2-4-6-5(11-7(1)10(4)11)3(1)9-8(2)12(6)9. The first kappa shape index (κ1) is 2.92. The maximum Gasteiger partial charge on any atom is 0 e. The molecule has 60 valence electrons. The van der Waals surface area contributed by atoms with E-state index in [-0.39, 0.29) is 0 Å². The molecule has 0 saturated heterocycles. The second-order valence-corrected chi connectivity index (χ2v) is 3.22. The highest BCUT2D eigenvalue weighted by atomic mass is 16.5. The molecule has 0 aromatic carbocycles. The number of hydrogen-bond donors (Lipinski definition) is 0. The zero-order valence-corrected chi connectivity index (χ0v) is 5.37. The SMILES string of the molecule is n12n3n1n1n4n5n6n5n1n3n6n24. The lowest BCUT2D eigenvalue weighted by molar-refractivity contribution is 0.377. The van der Waals surface area contributed by atoms with Gasteiger partial charge < -0.3 is 0 Å². The molecule has 0 atom stereocenters. The van der Waals surface area contributed by atoms with Crippen molar-refractivity contribution < 1.29 is 0 Å². The Kier molecular flexibility index (Phi) is 0.107. The van der Waals surface area contributed by atoms with E-state index in [1.165, 1.54) is 0 Å². The first-order chi connectivity index (χ1) is 6.00. The zero-order valence-electron chi connectivity index (χ0n) is 5.37. The molecule has 0 unspecified atom stereocenters. The summed E-state index contributed by atoms with van der Waals surface area (Å²) in [5, 5.41) is 0. The number of hydrogen-bond acceptors (Lipinski definition) is 0. The summed E-state index contributed by atoms with van der Waals surface area (Å²) in [7, 11) is 0. The fraction of sp³-hybridized carbons (Fsp3) is 0. The van der Waals surface area contributed by atoms with Crippen LogP contribution in [-0.2, 0) is 0 Å². The topological polar surface area (TPSA) is 52.9 Å². The molecule has 0 aliphatic carbocycles. The Morgan fingerprint density at radius 3 is 0.333 bits per heavy atom. The Morgan fingerprint density at radius 1 is 0.167 bits per heavy atom. The molecular weight excluding hydrogens is 168 g/mol. The van der Waals surface area contributed by atoms with Gasteiger partial charge in [0.2, 0.25) is 0 Å². The summed E-state index contributed by atoms with van der Waals surface area (Å²) in [6.07, 6.45) is 0. The van der Waals surface area contributed by atoms with Crippen LogP contribution in [0.1, 0.15) is 0 Å². The summed E-state index contributed by atoms with van der Waals surface area (Å²) in [4.78, 5) is 0. The van der Waals surface area contributed by atoms with Crippen LogP contribution in [0.5, 0.6) is 0 Å². The van der Waals surface area contributed by atoms with Gasteiger partial charge in [0.15, 0.2) is 0 Å². The van der Waals surface area contributed by atoms with Crippen LogP contribution in [0, 0.1) is 0 Å². The molecule has 8 aromatic rings. The largest absolute Gasteiger partial charge is 0 e. The maximum atomic E-state index is 2.00. The normalized spacial score (nSPS) is 18.0. The lowest BCUT2D eigenvalue weighted by Crippen LogP contribution is -2.15. The van der Waals surface area contributed by atoms with E-state index in [1.54, 1.807) is 0 Å². The molecule has 0 aliphatic heterocycles. The van der Waals surface area contributed by atoms with Gasteiger partial charge in [0.1, 0.15) is 0 Å². The maximum absolute atomic E-state index is 2.00. The van der Waals surface area contributed by atoms with E-state index in [0.717, 1.165) is 0 Å². The molecule has 0 saturated carbocycles. The van der Waals surface area contributed by atoms with Gasteiger partial charge >= 0.3 is 0 Å². The van der Waals surface area contributed by atoms with Crippen molar-refractivity contribution in [3.05, 3.63) is 0 Å². The molecular formula is N12. The predicted molar refractivity (Wildman–Crippen MR) is 26.4 cm³/mol. The van der Waals surface area contributed by atoms with Crippen LogP contribution in [0.4, 0.5) is 0 Å². The molecule has 12 nitrogen and oxygen atoms in total. The highest BCUT2D eigenvalue weighted by molar-refractivity contribution is 4.66. The number of nitrogens with zero attached hydrogens (tertiary/aromatic N) is 12. The van der Waals surface area contributed by atoms with Crippen molar-refractivity contribution in [1.82, 2.24) is 56.9 Å².